The van der Waals surface area contributed by atoms with Gasteiger partial charge in [0, 0.05) is 0 Å². The van der Waals surface area contributed by atoms with Gasteiger partial charge in [-0.25, -0.2) is 0 Å². The Labute approximate surface area is 205 Å². The highest BCUT2D eigenvalue weighted by atomic mass is 32.2. The van der Waals surface area contributed by atoms with Crippen LogP contribution in [0.3, 0.4) is 0 Å². The molecule has 4 rings (SSSR count). The molecule has 4 heteroatoms. The maximum atomic E-state index is 9.56. The lowest BCUT2D eigenvalue weighted by Gasteiger charge is -2.22. The van der Waals surface area contributed by atoms with Crippen molar-refractivity contribution in [1.29, 1.82) is 0 Å². The minimum atomic E-state index is -0.611. The third-order valence-corrected chi connectivity index (χ3v) is 10.2. The zero-order chi connectivity index (χ0) is 23.3. The molecule has 0 aromatic heterocycles. The monoisotopic (exact) mass is 490 g/mol. The summed E-state index contributed by atoms with van der Waals surface area (Å²) in [5.74, 6) is 0. The highest BCUT2D eigenvalue weighted by Gasteiger charge is 2.17. The molecule has 0 bridgehead atoms. The lowest BCUT2D eigenvalue weighted by molar-refractivity contribution is 0.606. The van der Waals surface area contributed by atoms with Gasteiger partial charge in [-0.2, -0.15) is 0 Å². The fourth-order valence-electron chi connectivity index (χ4n) is 3.63. The fourth-order valence-corrected chi connectivity index (χ4v) is 8.59. The summed E-state index contributed by atoms with van der Waals surface area (Å²) in [7, 11) is -0.618. The zero-order valence-electron chi connectivity index (χ0n) is 19.4. The van der Waals surface area contributed by atoms with Crippen LogP contribution in [0, 0.1) is 0 Å². The second kappa shape index (κ2) is 14.3. The average molecular weight is 491 g/mol. The van der Waals surface area contributed by atoms with E-state index in [1.165, 1.54) is 40.0 Å². The third-order valence-electron chi connectivity index (χ3n) is 5.03. The zero-order valence-corrected chi connectivity index (χ0v) is 22.0. The summed E-state index contributed by atoms with van der Waals surface area (Å²) in [4.78, 5) is 0. The summed E-state index contributed by atoms with van der Waals surface area (Å²) in [6, 6.07) is 44.3. The second-order valence-corrected chi connectivity index (χ2v) is 13.9. The summed E-state index contributed by atoms with van der Waals surface area (Å²) in [6.07, 6.45) is 6.99. The van der Waals surface area contributed by atoms with Gasteiger partial charge >= 0.3 is 0 Å². The van der Waals surface area contributed by atoms with Gasteiger partial charge in [0.15, 0.2) is 0 Å². The molecule has 4 aromatic rings. The van der Waals surface area contributed by atoms with Crippen molar-refractivity contribution < 1.29 is 4.55 Å². The van der Waals surface area contributed by atoms with Crippen LogP contribution in [-0.2, 0) is 11.2 Å². The van der Waals surface area contributed by atoms with Crippen molar-refractivity contribution in [1.82, 2.24) is 0 Å². The molecule has 0 fully saturated rings. The molecule has 0 N–H and O–H groups in total. The van der Waals surface area contributed by atoms with Crippen molar-refractivity contribution in [2.45, 2.75) is 6.42 Å². The van der Waals surface area contributed by atoms with E-state index in [2.05, 4.69) is 121 Å². The first kappa shape index (κ1) is 25.7. The molecule has 0 atom stereocenters. The van der Waals surface area contributed by atoms with Crippen molar-refractivity contribution >= 4 is 48.2 Å². The molecule has 0 amide bonds. The predicted molar refractivity (Wildman–Crippen MR) is 152 cm³/mol. The Bertz CT molecular complexity index is 863. The molecule has 33 heavy (non-hydrogen) atoms. The van der Waals surface area contributed by atoms with E-state index in [-0.39, 0.29) is 15.8 Å². The Kier molecular flexibility index (Phi) is 11.2. The molecule has 1 nitrogen and oxygen atoms in total. The highest BCUT2D eigenvalue weighted by molar-refractivity contribution is 7.89. The van der Waals surface area contributed by atoms with Crippen LogP contribution in [-0.4, -0.2) is 29.4 Å². The number of hydrogen-bond donors (Lipinski definition) is 0. The minimum Gasteiger partial charge on any atom is -0.617 e. The molecule has 0 heterocycles. The van der Waals surface area contributed by atoms with E-state index in [1.54, 1.807) is 12.5 Å². The van der Waals surface area contributed by atoms with E-state index in [0.29, 0.717) is 0 Å². The quantitative estimate of drug-likeness (QED) is 0.232. The van der Waals surface area contributed by atoms with E-state index >= 15 is 0 Å². The SMILES string of the molecule is C[S+](C)[O-].c1ccc(P(CCCP(c2ccccc2)c2ccccc2)c2ccccc2)cc1. The van der Waals surface area contributed by atoms with Crippen LogP contribution in [0.5, 0.6) is 0 Å². The Morgan fingerprint density at radius 2 is 0.697 bits per heavy atom. The first-order valence-corrected chi connectivity index (χ1v) is 16.2. The molecular formula is C29H32OP2S. The molecular weight excluding hydrogens is 458 g/mol. The van der Waals surface area contributed by atoms with Crippen LogP contribution in [0.25, 0.3) is 0 Å². The summed E-state index contributed by atoms with van der Waals surface area (Å²) in [6.45, 7) is 0. The summed E-state index contributed by atoms with van der Waals surface area (Å²) in [5.41, 5.74) is 0. The standard InChI is InChI=1S/C27H26P2.C2H6OS/c1-5-14-24(15-6-1)28(25-16-7-2-8-17-25)22-13-23-29(26-18-9-3-10-19-26)27-20-11-4-12-21-27;1-4(2)3/h1-12,14-21H,13,22-23H2;1-2H3. The number of hydrogen-bond acceptors (Lipinski definition) is 1. The molecule has 170 valence electrons. The Balaban J connectivity index is 0.000000709. The van der Waals surface area contributed by atoms with Gasteiger partial charge in [-0.15, -0.1) is 0 Å². The third kappa shape index (κ3) is 8.73. The lowest BCUT2D eigenvalue weighted by atomic mass is 10.4. The van der Waals surface area contributed by atoms with Crippen molar-refractivity contribution in [2.24, 2.45) is 0 Å². The van der Waals surface area contributed by atoms with Gasteiger partial charge < -0.3 is 4.55 Å². The largest absolute Gasteiger partial charge is 0.617 e. The van der Waals surface area contributed by atoms with Gasteiger partial charge in [0.2, 0.25) is 0 Å². The number of benzene rings is 4. The van der Waals surface area contributed by atoms with Gasteiger partial charge in [-0.05, 0) is 55.8 Å². The van der Waals surface area contributed by atoms with Crippen molar-refractivity contribution in [2.75, 3.05) is 24.8 Å². The molecule has 0 saturated heterocycles. The van der Waals surface area contributed by atoms with Gasteiger partial charge in [0.25, 0.3) is 0 Å². The van der Waals surface area contributed by atoms with Crippen LogP contribution < -0.4 is 21.2 Å². The van der Waals surface area contributed by atoms with Crippen molar-refractivity contribution in [3.63, 3.8) is 0 Å². The van der Waals surface area contributed by atoms with Crippen LogP contribution in [0.4, 0.5) is 0 Å². The van der Waals surface area contributed by atoms with Crippen LogP contribution in [0.2, 0.25) is 0 Å². The van der Waals surface area contributed by atoms with E-state index in [1.807, 2.05) is 0 Å². The topological polar surface area (TPSA) is 23.1 Å². The van der Waals surface area contributed by atoms with Crippen LogP contribution >= 0.6 is 15.8 Å². The van der Waals surface area contributed by atoms with Crippen LogP contribution in [0.1, 0.15) is 6.42 Å². The first-order valence-electron chi connectivity index (χ1n) is 11.2. The second-order valence-electron chi connectivity index (χ2n) is 7.74. The van der Waals surface area contributed by atoms with Crippen molar-refractivity contribution in [3.05, 3.63) is 121 Å². The molecule has 0 aliphatic heterocycles. The van der Waals surface area contributed by atoms with Gasteiger partial charge in [0.05, 0.1) is 12.5 Å². The molecule has 0 unspecified atom stereocenters. The van der Waals surface area contributed by atoms with Crippen LogP contribution in [0.15, 0.2) is 121 Å². The van der Waals surface area contributed by atoms with E-state index in [9.17, 15) is 4.55 Å². The smallest absolute Gasteiger partial charge is 0.0946 e. The summed E-state index contributed by atoms with van der Waals surface area (Å²) < 4.78 is 9.56. The molecule has 4 aromatic carbocycles. The predicted octanol–water partition coefficient (Wildman–Crippen LogP) is 5.64. The average Bonchev–Trinajstić information content (AvgIpc) is 2.86. The van der Waals surface area contributed by atoms with Crippen molar-refractivity contribution in [3.8, 4) is 0 Å². The Hall–Kier alpha value is -1.95. The van der Waals surface area contributed by atoms with Gasteiger partial charge in [-0.1, -0.05) is 133 Å². The normalized spacial score (nSPS) is 10.8. The van der Waals surface area contributed by atoms with Gasteiger partial charge in [0.1, 0.15) is 0 Å². The maximum absolute atomic E-state index is 9.56. The highest BCUT2D eigenvalue weighted by Crippen LogP contribution is 2.39. The number of rotatable bonds is 8. The molecule has 0 spiro atoms. The van der Waals surface area contributed by atoms with E-state index in [0.717, 1.165) is 0 Å². The van der Waals surface area contributed by atoms with Gasteiger partial charge in [-0.3, -0.25) is 0 Å². The minimum absolute atomic E-state index is 0.309. The molecule has 0 radical (unpaired) electrons. The first-order chi connectivity index (χ1) is 16.1. The Morgan fingerprint density at radius 3 is 0.909 bits per heavy atom. The Morgan fingerprint density at radius 1 is 0.485 bits per heavy atom. The summed E-state index contributed by atoms with van der Waals surface area (Å²) >= 11 is -0.611. The van der Waals surface area contributed by atoms with E-state index < -0.39 is 11.2 Å². The summed E-state index contributed by atoms with van der Waals surface area (Å²) in [5, 5.41) is 5.94. The molecule has 0 aliphatic carbocycles. The fraction of sp³-hybridized carbons (Fsp3) is 0.172. The lowest BCUT2D eigenvalue weighted by Crippen LogP contribution is -2.17. The van der Waals surface area contributed by atoms with E-state index in [4.69, 9.17) is 0 Å². The molecule has 0 saturated carbocycles. The maximum Gasteiger partial charge on any atom is 0.0946 e. The molecule has 0 aliphatic rings.